The lowest BCUT2D eigenvalue weighted by Crippen LogP contribution is -2.37. The molecule has 0 bridgehead atoms. The molecule has 0 amide bonds. The van der Waals surface area contributed by atoms with Crippen LogP contribution in [-0.2, 0) is 5.54 Å². The number of nitriles is 1. The van der Waals surface area contributed by atoms with E-state index in [9.17, 15) is 5.26 Å². The Bertz CT molecular complexity index is 1770. The highest BCUT2D eigenvalue weighted by molar-refractivity contribution is 5.53. The third-order valence-electron chi connectivity index (χ3n) is 8.28. The molecule has 204 valence electrons. The van der Waals surface area contributed by atoms with Crippen LogP contribution < -0.4 is 0 Å². The molecule has 0 aliphatic rings. The van der Waals surface area contributed by atoms with Crippen molar-refractivity contribution in [2.45, 2.75) is 25.3 Å². The molecule has 0 aliphatic heterocycles. The summed E-state index contributed by atoms with van der Waals surface area (Å²) in [5, 5.41) is 9.64. The van der Waals surface area contributed by atoms with Gasteiger partial charge in [0.05, 0.1) is 23.5 Å². The molecule has 0 saturated carbocycles. The van der Waals surface area contributed by atoms with Gasteiger partial charge in [-0.3, -0.25) is 0 Å². The molecule has 0 N–H and O–H groups in total. The molecule has 42 heavy (non-hydrogen) atoms. The van der Waals surface area contributed by atoms with Crippen LogP contribution in [0.4, 0.5) is 4.39 Å². The van der Waals surface area contributed by atoms with Gasteiger partial charge in [-0.25, -0.2) is 9.37 Å². The molecule has 5 aromatic carbocycles. The van der Waals surface area contributed by atoms with Gasteiger partial charge in [0.25, 0.3) is 0 Å². The van der Waals surface area contributed by atoms with Gasteiger partial charge in [0.1, 0.15) is 17.4 Å². The fourth-order valence-electron chi connectivity index (χ4n) is 6.09. The maximum absolute atomic E-state index is 15.9. The Balaban J connectivity index is 1.65. The number of aromatic nitrogens is 2. The number of benzene rings is 5. The highest BCUT2D eigenvalue weighted by Crippen LogP contribution is 2.43. The first kappa shape index (κ1) is 26.9. The molecule has 6 aromatic rings. The van der Waals surface area contributed by atoms with Crippen LogP contribution in [0.2, 0.25) is 0 Å². The van der Waals surface area contributed by atoms with Crippen molar-refractivity contribution in [1.82, 2.24) is 9.55 Å². The second-order valence-electron chi connectivity index (χ2n) is 10.6. The SMILES string of the molecule is Cc1cccc(C(c2cn(C(c3ccccc3)(c3ccccc3)c3ccccc3)cn2)c2cccc(C#N)c2F)c1C. The fraction of sp³-hybridized carbons (Fsp3) is 0.105. The van der Waals surface area contributed by atoms with Gasteiger partial charge in [-0.15, -0.1) is 0 Å². The Labute approximate surface area is 246 Å². The number of imidazole rings is 1. The fourth-order valence-corrected chi connectivity index (χ4v) is 6.09. The van der Waals surface area contributed by atoms with E-state index in [0.29, 0.717) is 11.3 Å². The summed E-state index contributed by atoms with van der Waals surface area (Å²) in [4.78, 5) is 4.99. The molecule has 0 saturated heterocycles. The predicted molar refractivity (Wildman–Crippen MR) is 165 cm³/mol. The van der Waals surface area contributed by atoms with Crippen LogP contribution in [0.15, 0.2) is 140 Å². The molecular weight excluding hydrogens is 517 g/mol. The molecular formula is C38H30FN3. The van der Waals surface area contributed by atoms with E-state index in [1.807, 2.05) is 48.9 Å². The van der Waals surface area contributed by atoms with Crippen molar-refractivity contribution in [3.05, 3.63) is 196 Å². The van der Waals surface area contributed by atoms with Crippen LogP contribution in [0.1, 0.15) is 56.1 Å². The van der Waals surface area contributed by atoms with Crippen molar-refractivity contribution in [3.63, 3.8) is 0 Å². The predicted octanol–water partition coefficient (Wildman–Crippen LogP) is 8.53. The van der Waals surface area contributed by atoms with Gasteiger partial charge in [0.2, 0.25) is 0 Å². The van der Waals surface area contributed by atoms with Gasteiger partial charge in [-0.05, 0) is 53.3 Å². The zero-order chi connectivity index (χ0) is 29.1. The Morgan fingerprint density at radius 2 is 1.21 bits per heavy atom. The summed E-state index contributed by atoms with van der Waals surface area (Å²) >= 11 is 0. The van der Waals surface area contributed by atoms with Gasteiger partial charge in [-0.1, -0.05) is 121 Å². The van der Waals surface area contributed by atoms with E-state index in [2.05, 4.69) is 97.3 Å². The van der Waals surface area contributed by atoms with E-state index in [1.54, 1.807) is 12.1 Å². The Hall–Kier alpha value is -5.27. The number of hydrogen-bond donors (Lipinski definition) is 0. The lowest BCUT2D eigenvalue weighted by atomic mass is 9.76. The topological polar surface area (TPSA) is 41.6 Å². The first-order chi connectivity index (χ1) is 20.6. The lowest BCUT2D eigenvalue weighted by molar-refractivity contribution is 0.514. The Kier molecular flexibility index (Phi) is 7.25. The molecule has 0 aliphatic carbocycles. The lowest BCUT2D eigenvalue weighted by Gasteiger charge is -2.37. The van der Waals surface area contributed by atoms with Crippen LogP contribution in [-0.4, -0.2) is 9.55 Å². The zero-order valence-corrected chi connectivity index (χ0v) is 23.6. The number of rotatable bonds is 7. The van der Waals surface area contributed by atoms with E-state index in [-0.39, 0.29) is 5.56 Å². The van der Waals surface area contributed by atoms with Gasteiger partial charge in [-0.2, -0.15) is 5.26 Å². The average molecular weight is 548 g/mol. The molecule has 4 heteroatoms. The molecule has 1 unspecified atom stereocenters. The molecule has 0 fully saturated rings. The summed E-state index contributed by atoms with van der Waals surface area (Å²) in [5.41, 5.74) is 6.77. The van der Waals surface area contributed by atoms with Crippen LogP contribution in [0.25, 0.3) is 0 Å². The van der Waals surface area contributed by atoms with Crippen molar-refractivity contribution in [2.75, 3.05) is 0 Å². The monoisotopic (exact) mass is 547 g/mol. The quantitative estimate of drug-likeness (QED) is 0.188. The van der Waals surface area contributed by atoms with Gasteiger partial charge in [0, 0.05) is 11.8 Å². The Morgan fingerprint density at radius 1 is 0.690 bits per heavy atom. The van der Waals surface area contributed by atoms with E-state index >= 15 is 4.39 Å². The van der Waals surface area contributed by atoms with Crippen molar-refractivity contribution < 1.29 is 4.39 Å². The summed E-state index contributed by atoms with van der Waals surface area (Å²) in [6.45, 7) is 4.12. The normalized spacial score (nSPS) is 12.0. The standard InChI is InChI=1S/C38H30FN3/c1-27-14-12-22-33(28(27)2)36(34-23-13-15-29(24-40)37(34)39)35-25-42(26-41-35)38(30-16-6-3-7-17-30,31-18-8-4-9-19-31)32-20-10-5-11-21-32/h3-23,25-26,36H,1-2H3. The molecule has 1 aromatic heterocycles. The van der Waals surface area contributed by atoms with Gasteiger partial charge in [0.15, 0.2) is 0 Å². The van der Waals surface area contributed by atoms with Crippen LogP contribution in [0.3, 0.4) is 0 Å². The number of aryl methyl sites for hydroxylation is 1. The Morgan fingerprint density at radius 3 is 1.76 bits per heavy atom. The van der Waals surface area contributed by atoms with Crippen molar-refractivity contribution in [1.29, 1.82) is 5.26 Å². The number of nitrogens with zero attached hydrogens (tertiary/aromatic N) is 3. The summed E-state index contributed by atoms with van der Waals surface area (Å²) in [6.07, 6.45) is 3.89. The summed E-state index contributed by atoms with van der Waals surface area (Å²) < 4.78 is 18.1. The van der Waals surface area contributed by atoms with Gasteiger partial charge < -0.3 is 4.57 Å². The minimum atomic E-state index is -0.742. The van der Waals surface area contributed by atoms with Crippen molar-refractivity contribution >= 4 is 0 Å². The smallest absolute Gasteiger partial charge is 0.145 e. The first-order valence-corrected chi connectivity index (χ1v) is 14.0. The van der Waals surface area contributed by atoms with Crippen LogP contribution >= 0.6 is 0 Å². The van der Waals surface area contributed by atoms with Crippen molar-refractivity contribution in [2.24, 2.45) is 0 Å². The number of halogens is 1. The molecule has 0 spiro atoms. The average Bonchev–Trinajstić information content (AvgIpc) is 3.52. The second-order valence-corrected chi connectivity index (χ2v) is 10.6. The minimum Gasteiger partial charge on any atom is -0.319 e. The maximum Gasteiger partial charge on any atom is 0.145 e. The second kappa shape index (κ2) is 11.3. The van der Waals surface area contributed by atoms with E-state index in [1.165, 1.54) is 6.07 Å². The van der Waals surface area contributed by atoms with Gasteiger partial charge >= 0.3 is 0 Å². The number of hydrogen-bond acceptors (Lipinski definition) is 2. The largest absolute Gasteiger partial charge is 0.319 e. The third-order valence-corrected chi connectivity index (χ3v) is 8.28. The van der Waals surface area contributed by atoms with E-state index in [0.717, 1.165) is 33.4 Å². The van der Waals surface area contributed by atoms with Crippen LogP contribution in [0.5, 0.6) is 0 Å². The summed E-state index contributed by atoms with van der Waals surface area (Å²) in [5.74, 6) is -1.03. The summed E-state index contributed by atoms with van der Waals surface area (Å²) in [7, 11) is 0. The molecule has 3 nitrogen and oxygen atoms in total. The highest BCUT2D eigenvalue weighted by atomic mass is 19.1. The van der Waals surface area contributed by atoms with E-state index in [4.69, 9.17) is 4.98 Å². The molecule has 6 rings (SSSR count). The molecule has 1 atom stereocenters. The first-order valence-electron chi connectivity index (χ1n) is 14.0. The molecule has 0 radical (unpaired) electrons. The van der Waals surface area contributed by atoms with E-state index < -0.39 is 17.3 Å². The highest BCUT2D eigenvalue weighted by Gasteiger charge is 2.39. The van der Waals surface area contributed by atoms with Crippen LogP contribution in [0, 0.1) is 31.0 Å². The third kappa shape index (κ3) is 4.50. The molecule has 1 heterocycles. The maximum atomic E-state index is 15.9. The van der Waals surface area contributed by atoms with Crippen molar-refractivity contribution in [3.8, 4) is 6.07 Å². The minimum absolute atomic E-state index is 0.0226. The summed E-state index contributed by atoms with van der Waals surface area (Å²) in [6, 6.07) is 44.3. The zero-order valence-electron chi connectivity index (χ0n) is 23.6.